The van der Waals surface area contributed by atoms with Gasteiger partial charge in [0.15, 0.2) is 11.6 Å². The Morgan fingerprint density at radius 3 is 2.36 bits per heavy atom. The molecule has 6 nitrogen and oxygen atoms in total. The molecule has 0 saturated carbocycles. The zero-order valence-electron chi connectivity index (χ0n) is 15.6. The van der Waals surface area contributed by atoms with E-state index >= 15 is 0 Å². The molecule has 0 aliphatic carbocycles. The Morgan fingerprint density at radius 2 is 1.75 bits per heavy atom. The van der Waals surface area contributed by atoms with Gasteiger partial charge >= 0.3 is 0 Å². The molecule has 3 rings (SSSR count). The second kappa shape index (κ2) is 7.84. The van der Waals surface area contributed by atoms with Crippen LogP contribution < -0.4 is 15.1 Å². The summed E-state index contributed by atoms with van der Waals surface area (Å²) in [5.74, 6) is -2.73. The summed E-state index contributed by atoms with van der Waals surface area (Å²) in [5.41, 5.74) is 0.974. The molecule has 1 fully saturated rings. The summed E-state index contributed by atoms with van der Waals surface area (Å²) >= 11 is 0. The molecule has 1 amide bonds. The van der Waals surface area contributed by atoms with Crippen molar-refractivity contribution in [3.63, 3.8) is 0 Å². The first-order chi connectivity index (χ1) is 13.2. The molecule has 0 bridgehead atoms. The molecule has 1 saturated heterocycles. The van der Waals surface area contributed by atoms with Gasteiger partial charge in [0.05, 0.1) is 15.5 Å². The number of carbonyl (C=O) groups is 1. The van der Waals surface area contributed by atoms with Gasteiger partial charge in [0.2, 0.25) is 15.7 Å². The lowest BCUT2D eigenvalue weighted by molar-refractivity contribution is -0.116. The van der Waals surface area contributed by atoms with Crippen molar-refractivity contribution in [1.82, 2.24) is 5.32 Å². The number of carbonyl (C=O) groups excluding carboxylic acids is 1. The minimum Gasteiger partial charge on any atom is -0.369 e. The van der Waals surface area contributed by atoms with E-state index in [1.165, 1.54) is 24.9 Å². The van der Waals surface area contributed by atoms with Gasteiger partial charge in [-0.3, -0.25) is 4.79 Å². The summed E-state index contributed by atoms with van der Waals surface area (Å²) in [4.78, 5) is 14.7. The van der Waals surface area contributed by atoms with Crippen LogP contribution in [0.1, 0.15) is 6.92 Å². The van der Waals surface area contributed by atoms with Gasteiger partial charge in [0.1, 0.15) is 0 Å². The highest BCUT2D eigenvalue weighted by atomic mass is 32.2. The van der Waals surface area contributed by atoms with Crippen molar-refractivity contribution in [2.24, 2.45) is 0 Å². The molecule has 1 heterocycles. The molecule has 2 aromatic rings. The molecule has 0 radical (unpaired) electrons. The third-order valence-corrected chi connectivity index (χ3v) is 6.55. The maximum Gasteiger partial charge on any atom is 0.223 e. The zero-order chi connectivity index (χ0) is 20.5. The van der Waals surface area contributed by atoms with E-state index in [1.54, 1.807) is 12.1 Å². The van der Waals surface area contributed by atoms with Crippen LogP contribution in [0.5, 0.6) is 0 Å². The van der Waals surface area contributed by atoms with Crippen LogP contribution in [0, 0.1) is 11.6 Å². The number of nitrogens with zero attached hydrogens (tertiary/aromatic N) is 2. The Kier molecular flexibility index (Phi) is 5.66. The first-order valence-electron chi connectivity index (χ1n) is 8.76. The predicted molar refractivity (Wildman–Crippen MR) is 102 cm³/mol. The molecule has 28 heavy (non-hydrogen) atoms. The van der Waals surface area contributed by atoms with Crippen molar-refractivity contribution in [2.75, 3.05) is 43.0 Å². The number of rotatable bonds is 4. The van der Waals surface area contributed by atoms with E-state index in [0.717, 1.165) is 44.0 Å². The molecule has 9 heteroatoms. The average Bonchev–Trinajstić information content (AvgIpc) is 2.69. The molecule has 1 aliphatic heterocycles. The fourth-order valence-corrected chi connectivity index (χ4v) is 4.53. The number of amides is 1. The highest BCUT2D eigenvalue weighted by Gasteiger charge is 2.26. The van der Waals surface area contributed by atoms with E-state index in [1.807, 2.05) is 0 Å². The fraction of sp³-hybridized carbons (Fsp3) is 0.316. The Hall–Kier alpha value is -2.52. The number of hydrogen-bond donors (Lipinski definition) is 1. The van der Waals surface area contributed by atoms with Crippen molar-refractivity contribution in [3.05, 3.63) is 48.0 Å². The maximum absolute atomic E-state index is 13.6. The number of benzene rings is 2. The summed E-state index contributed by atoms with van der Waals surface area (Å²) in [7, 11) is -2.69. The van der Waals surface area contributed by atoms with Crippen LogP contribution in [0.2, 0.25) is 0 Å². The average molecular weight is 409 g/mol. The molecular formula is C19H21F2N3O3S. The molecule has 0 unspecified atom stereocenters. The highest BCUT2D eigenvalue weighted by Crippen LogP contribution is 2.34. The van der Waals surface area contributed by atoms with Crippen LogP contribution >= 0.6 is 0 Å². The Labute approximate surface area is 162 Å². The van der Waals surface area contributed by atoms with E-state index in [2.05, 4.69) is 10.2 Å². The first-order valence-corrected chi connectivity index (χ1v) is 10.2. The Bertz CT molecular complexity index is 1010. The first kappa shape index (κ1) is 20.2. The minimum atomic E-state index is -4.17. The van der Waals surface area contributed by atoms with Crippen molar-refractivity contribution in [2.45, 2.75) is 16.7 Å². The molecule has 0 aromatic heterocycles. The maximum atomic E-state index is 13.6. The van der Waals surface area contributed by atoms with Crippen LogP contribution in [0.3, 0.4) is 0 Å². The van der Waals surface area contributed by atoms with Crippen molar-refractivity contribution in [3.8, 4) is 0 Å². The number of halogens is 2. The summed E-state index contributed by atoms with van der Waals surface area (Å²) in [5, 5.41) is 3.24. The van der Waals surface area contributed by atoms with E-state index in [9.17, 15) is 22.0 Å². The normalized spacial score (nSPS) is 14.8. The van der Waals surface area contributed by atoms with Gasteiger partial charge in [-0.25, -0.2) is 17.2 Å². The smallest absolute Gasteiger partial charge is 0.223 e. The van der Waals surface area contributed by atoms with Crippen molar-refractivity contribution < 1.29 is 22.0 Å². The summed E-state index contributed by atoms with van der Waals surface area (Å²) in [6, 6.07) is 7.13. The SMILES string of the molecule is CC(=O)N(C)c1cc(N2CCNCC2)ccc1S(=O)(=O)c1ccc(F)c(F)c1. The monoisotopic (exact) mass is 409 g/mol. The van der Waals surface area contributed by atoms with Gasteiger partial charge in [0, 0.05) is 45.8 Å². The number of anilines is 2. The van der Waals surface area contributed by atoms with E-state index in [-0.39, 0.29) is 21.4 Å². The quantitative estimate of drug-likeness (QED) is 0.784. The predicted octanol–water partition coefficient (Wildman–Crippen LogP) is 2.19. The summed E-state index contributed by atoms with van der Waals surface area (Å²) in [6.07, 6.45) is 0. The Balaban J connectivity index is 2.12. The molecule has 0 atom stereocenters. The van der Waals surface area contributed by atoms with Crippen LogP contribution in [0.25, 0.3) is 0 Å². The molecule has 1 aliphatic rings. The lowest BCUT2D eigenvalue weighted by Crippen LogP contribution is -2.43. The summed E-state index contributed by atoms with van der Waals surface area (Å²) < 4.78 is 53.0. The standard InChI is InChI=1S/C19H21F2N3O3S/c1-13(25)23(2)18-11-14(24-9-7-22-8-10-24)3-6-19(18)28(26,27)15-4-5-16(20)17(21)12-15/h3-6,11-12,22H,7-10H2,1-2H3. The second-order valence-electron chi connectivity index (χ2n) is 6.55. The van der Waals surface area contributed by atoms with Crippen LogP contribution in [-0.2, 0) is 14.6 Å². The Morgan fingerprint density at radius 1 is 1.07 bits per heavy atom. The lowest BCUT2D eigenvalue weighted by Gasteiger charge is -2.31. The van der Waals surface area contributed by atoms with Crippen LogP contribution in [0.15, 0.2) is 46.2 Å². The van der Waals surface area contributed by atoms with Gasteiger partial charge in [-0.1, -0.05) is 0 Å². The van der Waals surface area contributed by atoms with Crippen molar-refractivity contribution in [1.29, 1.82) is 0 Å². The molecule has 2 aromatic carbocycles. The number of sulfone groups is 1. The second-order valence-corrected chi connectivity index (χ2v) is 8.46. The van der Waals surface area contributed by atoms with Gasteiger partial charge in [-0.15, -0.1) is 0 Å². The van der Waals surface area contributed by atoms with Gasteiger partial charge in [-0.05, 0) is 36.4 Å². The third-order valence-electron chi connectivity index (χ3n) is 4.75. The molecular weight excluding hydrogens is 388 g/mol. The largest absolute Gasteiger partial charge is 0.369 e. The lowest BCUT2D eigenvalue weighted by atomic mass is 10.2. The van der Waals surface area contributed by atoms with Crippen LogP contribution in [-0.4, -0.2) is 47.6 Å². The topological polar surface area (TPSA) is 69.7 Å². The fourth-order valence-electron chi connectivity index (χ4n) is 3.06. The highest BCUT2D eigenvalue weighted by molar-refractivity contribution is 7.91. The molecule has 150 valence electrons. The van der Waals surface area contributed by atoms with Gasteiger partial charge < -0.3 is 15.1 Å². The van der Waals surface area contributed by atoms with Crippen LogP contribution in [0.4, 0.5) is 20.2 Å². The minimum absolute atomic E-state index is 0.143. The number of hydrogen-bond acceptors (Lipinski definition) is 5. The van der Waals surface area contributed by atoms with E-state index in [4.69, 9.17) is 0 Å². The van der Waals surface area contributed by atoms with Gasteiger partial charge in [0.25, 0.3) is 0 Å². The number of piperazine rings is 1. The number of nitrogens with one attached hydrogen (secondary N) is 1. The van der Waals surface area contributed by atoms with Crippen molar-refractivity contribution >= 4 is 27.1 Å². The molecule has 0 spiro atoms. The van der Waals surface area contributed by atoms with E-state index in [0.29, 0.717) is 6.07 Å². The zero-order valence-corrected chi connectivity index (χ0v) is 16.4. The third kappa shape index (κ3) is 3.85. The molecule has 1 N–H and O–H groups in total. The van der Waals surface area contributed by atoms with E-state index < -0.39 is 21.5 Å². The van der Waals surface area contributed by atoms with Gasteiger partial charge in [-0.2, -0.15) is 0 Å². The summed E-state index contributed by atoms with van der Waals surface area (Å²) in [6.45, 7) is 4.42.